The van der Waals surface area contributed by atoms with Crippen LogP contribution in [0.25, 0.3) is 0 Å². The van der Waals surface area contributed by atoms with Crippen LogP contribution in [0.3, 0.4) is 0 Å². The Labute approximate surface area is 201 Å². The van der Waals surface area contributed by atoms with E-state index in [1.54, 1.807) is 35.4 Å². The Kier molecular flexibility index (Phi) is 8.04. The molecular weight excluding hydrogens is 452 g/mol. The fourth-order valence-corrected chi connectivity index (χ4v) is 4.22. The lowest BCUT2D eigenvalue weighted by molar-refractivity contribution is 0.201. The number of nitrogens with one attached hydrogen (secondary N) is 1. The first-order chi connectivity index (χ1) is 16.0. The molecule has 0 radical (unpaired) electrons. The Morgan fingerprint density at radius 2 is 1.62 bits per heavy atom. The molecule has 3 rings (SSSR count). The first-order valence-electron chi connectivity index (χ1n) is 11.2. The van der Waals surface area contributed by atoms with Crippen LogP contribution in [-0.4, -0.2) is 25.6 Å². The van der Waals surface area contributed by atoms with Crippen molar-refractivity contribution in [2.24, 2.45) is 0 Å². The van der Waals surface area contributed by atoms with E-state index in [0.29, 0.717) is 5.76 Å². The molecule has 34 heavy (non-hydrogen) atoms. The third kappa shape index (κ3) is 6.87. The number of anilines is 1. The molecule has 1 aromatic heterocycles. The zero-order chi connectivity index (χ0) is 24.9. The highest BCUT2D eigenvalue weighted by molar-refractivity contribution is 7.86. The standard InChI is InChI=1S/C26H32N2O5S/c1-18(2)23-12-7-13-24(19(3)4)25(23)27-26(29)28(17-22-11-8-14-32-22)16-20-9-6-10-21(15-20)33-34(5,30)31/h6-15,18-19H,16-17H2,1-5H3,(H,27,29). The molecule has 0 aliphatic carbocycles. The number of hydrogen-bond donors (Lipinski definition) is 1. The van der Waals surface area contributed by atoms with Gasteiger partial charge in [0, 0.05) is 12.2 Å². The maximum absolute atomic E-state index is 13.6. The van der Waals surface area contributed by atoms with Gasteiger partial charge < -0.3 is 18.8 Å². The highest BCUT2D eigenvalue weighted by atomic mass is 32.2. The molecular formula is C26H32N2O5S. The summed E-state index contributed by atoms with van der Waals surface area (Å²) >= 11 is 0. The van der Waals surface area contributed by atoms with E-state index in [-0.39, 0.29) is 36.7 Å². The predicted molar refractivity (Wildman–Crippen MR) is 134 cm³/mol. The summed E-state index contributed by atoms with van der Waals surface area (Å²) in [5, 5.41) is 3.15. The zero-order valence-electron chi connectivity index (χ0n) is 20.2. The third-order valence-electron chi connectivity index (χ3n) is 5.34. The van der Waals surface area contributed by atoms with Crippen molar-refractivity contribution < 1.29 is 21.8 Å². The molecule has 8 heteroatoms. The van der Waals surface area contributed by atoms with Crippen molar-refractivity contribution in [2.75, 3.05) is 11.6 Å². The van der Waals surface area contributed by atoms with Gasteiger partial charge in [-0.05, 0) is 52.8 Å². The molecule has 0 saturated heterocycles. The molecule has 2 aromatic carbocycles. The van der Waals surface area contributed by atoms with Gasteiger partial charge in [0.05, 0.1) is 19.1 Å². The van der Waals surface area contributed by atoms with Gasteiger partial charge in [0.1, 0.15) is 11.5 Å². The Morgan fingerprint density at radius 3 is 2.18 bits per heavy atom. The van der Waals surface area contributed by atoms with Crippen molar-refractivity contribution in [1.29, 1.82) is 0 Å². The quantitative estimate of drug-likeness (QED) is 0.371. The number of furan rings is 1. The minimum atomic E-state index is -3.65. The zero-order valence-corrected chi connectivity index (χ0v) is 21.1. The number of amides is 2. The summed E-state index contributed by atoms with van der Waals surface area (Å²) in [7, 11) is -3.65. The minimum Gasteiger partial charge on any atom is -0.467 e. The van der Waals surface area contributed by atoms with Crippen LogP contribution in [0.4, 0.5) is 10.5 Å². The van der Waals surface area contributed by atoms with Crippen molar-refractivity contribution in [1.82, 2.24) is 4.90 Å². The van der Waals surface area contributed by atoms with Gasteiger partial charge >= 0.3 is 16.1 Å². The van der Waals surface area contributed by atoms with E-state index in [1.807, 2.05) is 30.3 Å². The van der Waals surface area contributed by atoms with Crippen LogP contribution in [0.2, 0.25) is 0 Å². The Balaban J connectivity index is 1.92. The topological polar surface area (TPSA) is 88.9 Å². The number of nitrogens with zero attached hydrogens (tertiary/aromatic N) is 1. The SMILES string of the molecule is CC(C)c1cccc(C(C)C)c1NC(=O)N(Cc1cccc(OS(C)(=O)=O)c1)Cc1ccco1. The number of urea groups is 1. The summed E-state index contributed by atoms with van der Waals surface area (Å²) in [5.41, 5.74) is 3.70. The van der Waals surface area contributed by atoms with Gasteiger partial charge in [-0.2, -0.15) is 8.42 Å². The summed E-state index contributed by atoms with van der Waals surface area (Å²) in [6, 6.07) is 16.1. The summed E-state index contributed by atoms with van der Waals surface area (Å²) in [5.74, 6) is 1.31. The van der Waals surface area contributed by atoms with E-state index in [2.05, 4.69) is 33.0 Å². The van der Waals surface area contributed by atoms with Crippen molar-refractivity contribution >= 4 is 21.8 Å². The Morgan fingerprint density at radius 1 is 0.971 bits per heavy atom. The van der Waals surface area contributed by atoms with Gasteiger partial charge in [0.25, 0.3) is 0 Å². The molecule has 1 N–H and O–H groups in total. The highest BCUT2D eigenvalue weighted by Crippen LogP contribution is 2.33. The van der Waals surface area contributed by atoms with E-state index in [4.69, 9.17) is 8.60 Å². The third-order valence-corrected chi connectivity index (χ3v) is 5.83. The average Bonchev–Trinajstić information content (AvgIpc) is 3.25. The van der Waals surface area contributed by atoms with Gasteiger partial charge in [-0.3, -0.25) is 0 Å². The molecule has 1 heterocycles. The fraction of sp³-hybridized carbons (Fsp3) is 0.346. The van der Waals surface area contributed by atoms with Crippen molar-refractivity contribution in [3.05, 3.63) is 83.3 Å². The fourth-order valence-electron chi connectivity index (χ4n) is 3.76. The number of hydrogen-bond acceptors (Lipinski definition) is 5. The minimum absolute atomic E-state index is 0.200. The van der Waals surface area contributed by atoms with Crippen LogP contribution < -0.4 is 9.50 Å². The summed E-state index contributed by atoms with van der Waals surface area (Å²) in [6.45, 7) is 8.88. The molecule has 2 amide bonds. The van der Waals surface area contributed by atoms with Crippen LogP contribution in [0, 0.1) is 0 Å². The molecule has 0 fully saturated rings. The second-order valence-corrected chi connectivity index (χ2v) is 10.5. The molecule has 0 aliphatic heterocycles. The molecule has 0 aliphatic rings. The average molecular weight is 485 g/mol. The van der Waals surface area contributed by atoms with Gasteiger partial charge in [0.15, 0.2) is 0 Å². The van der Waals surface area contributed by atoms with Gasteiger partial charge in [-0.1, -0.05) is 58.0 Å². The van der Waals surface area contributed by atoms with Crippen LogP contribution >= 0.6 is 0 Å². The predicted octanol–water partition coefficient (Wildman–Crippen LogP) is 6.10. The second-order valence-electron chi connectivity index (χ2n) is 8.92. The van der Waals surface area contributed by atoms with E-state index in [9.17, 15) is 13.2 Å². The highest BCUT2D eigenvalue weighted by Gasteiger charge is 2.21. The lowest BCUT2D eigenvalue weighted by Crippen LogP contribution is -2.34. The summed E-state index contributed by atoms with van der Waals surface area (Å²) in [6.07, 6.45) is 2.56. The molecule has 0 bridgehead atoms. The maximum atomic E-state index is 13.6. The molecule has 182 valence electrons. The lowest BCUT2D eigenvalue weighted by atomic mass is 9.93. The second kappa shape index (κ2) is 10.8. The van der Waals surface area contributed by atoms with Gasteiger partial charge in [-0.15, -0.1) is 0 Å². The lowest BCUT2D eigenvalue weighted by Gasteiger charge is -2.26. The first-order valence-corrected chi connectivity index (χ1v) is 13.0. The summed E-state index contributed by atoms with van der Waals surface area (Å²) in [4.78, 5) is 15.2. The maximum Gasteiger partial charge on any atom is 0.322 e. The first kappa shape index (κ1) is 25.4. The van der Waals surface area contributed by atoms with Crippen molar-refractivity contribution in [2.45, 2.75) is 52.6 Å². The number of carbonyl (C=O) groups is 1. The number of carbonyl (C=O) groups excluding carboxylic acids is 1. The Hall–Kier alpha value is -3.26. The molecule has 7 nitrogen and oxygen atoms in total. The smallest absolute Gasteiger partial charge is 0.322 e. The van der Waals surface area contributed by atoms with E-state index in [1.165, 1.54) is 0 Å². The van der Waals surface area contributed by atoms with Crippen LogP contribution in [-0.2, 0) is 23.2 Å². The van der Waals surface area contributed by atoms with Gasteiger partial charge in [0.2, 0.25) is 0 Å². The number of rotatable bonds is 9. The van der Waals surface area contributed by atoms with Crippen molar-refractivity contribution in [3.63, 3.8) is 0 Å². The van der Waals surface area contributed by atoms with E-state index in [0.717, 1.165) is 28.6 Å². The molecule has 0 saturated carbocycles. The van der Waals surface area contributed by atoms with Gasteiger partial charge in [-0.25, -0.2) is 4.79 Å². The normalized spacial score (nSPS) is 11.6. The Bertz CT molecular complexity index is 1190. The van der Waals surface area contributed by atoms with E-state index >= 15 is 0 Å². The number of benzene rings is 2. The summed E-state index contributed by atoms with van der Waals surface area (Å²) < 4.78 is 33.5. The molecule has 0 atom stereocenters. The van der Waals surface area contributed by atoms with Crippen LogP contribution in [0.5, 0.6) is 5.75 Å². The molecule has 0 spiro atoms. The molecule has 3 aromatic rings. The van der Waals surface area contributed by atoms with Crippen LogP contribution in [0.1, 0.15) is 62.0 Å². The van der Waals surface area contributed by atoms with Crippen LogP contribution in [0.15, 0.2) is 65.3 Å². The molecule has 0 unspecified atom stereocenters. The number of para-hydroxylation sites is 1. The largest absolute Gasteiger partial charge is 0.467 e. The van der Waals surface area contributed by atoms with Crippen molar-refractivity contribution in [3.8, 4) is 5.75 Å². The van der Waals surface area contributed by atoms with E-state index < -0.39 is 10.1 Å². The monoisotopic (exact) mass is 484 g/mol.